The molecule has 0 bridgehead atoms. The van der Waals surface area contributed by atoms with E-state index in [2.05, 4.69) is 47.4 Å². The highest BCUT2D eigenvalue weighted by Crippen LogP contribution is 2.17. The molecule has 1 aromatic rings. The maximum absolute atomic E-state index is 4.59. The van der Waals surface area contributed by atoms with Crippen LogP contribution in [0.2, 0.25) is 0 Å². The molecule has 0 saturated carbocycles. The minimum atomic E-state index is 0.452. The number of nitrogens with one attached hydrogen (secondary N) is 2. The van der Waals surface area contributed by atoms with Crippen molar-refractivity contribution in [1.82, 2.24) is 15.3 Å². The Morgan fingerprint density at radius 1 is 1.32 bits per heavy atom. The Morgan fingerprint density at radius 3 is 2.68 bits per heavy atom. The second-order valence-electron chi connectivity index (χ2n) is 5.68. The molecule has 0 unspecified atom stereocenters. The zero-order chi connectivity index (χ0) is 13.7. The molecular formula is C15H26N4. The van der Waals surface area contributed by atoms with Crippen LogP contribution in [0, 0.1) is 5.92 Å². The second kappa shape index (κ2) is 6.85. The first-order chi connectivity index (χ1) is 9.19. The van der Waals surface area contributed by atoms with E-state index in [1.54, 1.807) is 0 Å². The predicted molar refractivity (Wildman–Crippen MR) is 79.6 cm³/mol. The molecule has 106 valence electrons. The van der Waals surface area contributed by atoms with Crippen molar-refractivity contribution in [3.63, 3.8) is 0 Å². The van der Waals surface area contributed by atoms with E-state index in [9.17, 15) is 0 Å². The first kappa shape index (κ1) is 14.3. The van der Waals surface area contributed by atoms with Gasteiger partial charge in [-0.05, 0) is 37.8 Å². The Hall–Kier alpha value is -1.16. The smallest absolute Gasteiger partial charge is 0.130 e. The summed E-state index contributed by atoms with van der Waals surface area (Å²) in [6.07, 6.45) is 3.41. The van der Waals surface area contributed by atoms with Crippen molar-refractivity contribution in [2.24, 2.45) is 5.92 Å². The topological polar surface area (TPSA) is 49.8 Å². The molecule has 2 heterocycles. The van der Waals surface area contributed by atoms with E-state index < -0.39 is 0 Å². The monoisotopic (exact) mass is 262 g/mol. The van der Waals surface area contributed by atoms with Crippen LogP contribution in [0.25, 0.3) is 0 Å². The number of rotatable bonds is 5. The number of nitrogens with zero attached hydrogens (tertiary/aromatic N) is 2. The van der Waals surface area contributed by atoms with Crippen molar-refractivity contribution in [3.05, 3.63) is 17.6 Å². The maximum atomic E-state index is 4.59. The van der Waals surface area contributed by atoms with Crippen LogP contribution in [0.1, 0.15) is 51.0 Å². The minimum Gasteiger partial charge on any atom is -0.370 e. The fourth-order valence-electron chi connectivity index (χ4n) is 2.40. The fourth-order valence-corrected chi connectivity index (χ4v) is 2.40. The highest BCUT2D eigenvalue weighted by molar-refractivity contribution is 5.37. The van der Waals surface area contributed by atoms with Crippen molar-refractivity contribution >= 4 is 5.82 Å². The van der Waals surface area contributed by atoms with Gasteiger partial charge in [-0.25, -0.2) is 9.97 Å². The second-order valence-corrected chi connectivity index (χ2v) is 5.68. The summed E-state index contributed by atoms with van der Waals surface area (Å²) in [5.41, 5.74) is 1.14. The normalized spacial score (nSPS) is 16.8. The molecule has 2 rings (SSSR count). The summed E-state index contributed by atoms with van der Waals surface area (Å²) in [7, 11) is 0. The molecule has 1 aliphatic rings. The minimum absolute atomic E-state index is 0.452. The molecule has 1 fully saturated rings. The average Bonchev–Trinajstić information content (AvgIpc) is 2.45. The van der Waals surface area contributed by atoms with E-state index in [0.717, 1.165) is 49.3 Å². The molecule has 1 saturated heterocycles. The summed E-state index contributed by atoms with van der Waals surface area (Å²) in [5.74, 6) is 3.16. The summed E-state index contributed by atoms with van der Waals surface area (Å²) in [6, 6.07) is 2.10. The van der Waals surface area contributed by atoms with E-state index in [0.29, 0.717) is 5.92 Å². The number of anilines is 1. The number of aryl methyl sites for hydroxylation is 1. The molecule has 0 amide bonds. The molecule has 0 spiro atoms. The molecule has 0 aromatic carbocycles. The molecule has 4 heteroatoms. The Balaban J connectivity index is 2.00. The Kier molecular flexibility index (Phi) is 5.14. The van der Waals surface area contributed by atoms with Crippen molar-refractivity contribution < 1.29 is 0 Å². The Bertz CT molecular complexity index is 397. The SMILES string of the molecule is CCc1nc(NCC2CCNCC2)cc(C(C)C)n1. The van der Waals surface area contributed by atoms with Crippen LogP contribution in [-0.4, -0.2) is 29.6 Å². The van der Waals surface area contributed by atoms with Gasteiger partial charge in [0, 0.05) is 24.7 Å². The lowest BCUT2D eigenvalue weighted by Crippen LogP contribution is -2.31. The Morgan fingerprint density at radius 2 is 2.05 bits per heavy atom. The van der Waals surface area contributed by atoms with Gasteiger partial charge < -0.3 is 10.6 Å². The lowest BCUT2D eigenvalue weighted by molar-refractivity contribution is 0.389. The molecule has 0 radical (unpaired) electrons. The van der Waals surface area contributed by atoms with Crippen molar-refractivity contribution in [1.29, 1.82) is 0 Å². The van der Waals surface area contributed by atoms with Gasteiger partial charge in [-0.1, -0.05) is 20.8 Å². The summed E-state index contributed by atoms with van der Waals surface area (Å²) in [6.45, 7) is 9.78. The lowest BCUT2D eigenvalue weighted by atomic mass is 9.98. The van der Waals surface area contributed by atoms with E-state index in [1.165, 1.54) is 12.8 Å². The van der Waals surface area contributed by atoms with Crippen LogP contribution in [0.4, 0.5) is 5.82 Å². The maximum Gasteiger partial charge on any atom is 0.130 e. The van der Waals surface area contributed by atoms with Gasteiger partial charge in [0.15, 0.2) is 0 Å². The van der Waals surface area contributed by atoms with Crippen LogP contribution in [0.5, 0.6) is 0 Å². The van der Waals surface area contributed by atoms with E-state index in [-0.39, 0.29) is 0 Å². The zero-order valence-corrected chi connectivity index (χ0v) is 12.4. The molecule has 1 aliphatic heterocycles. The van der Waals surface area contributed by atoms with Gasteiger partial charge in [0.1, 0.15) is 11.6 Å². The van der Waals surface area contributed by atoms with E-state index >= 15 is 0 Å². The van der Waals surface area contributed by atoms with Gasteiger partial charge in [0.05, 0.1) is 0 Å². The largest absolute Gasteiger partial charge is 0.370 e. The van der Waals surface area contributed by atoms with Gasteiger partial charge in [-0.3, -0.25) is 0 Å². The average molecular weight is 262 g/mol. The number of hydrogen-bond acceptors (Lipinski definition) is 4. The summed E-state index contributed by atoms with van der Waals surface area (Å²) < 4.78 is 0. The van der Waals surface area contributed by atoms with Gasteiger partial charge in [0.25, 0.3) is 0 Å². The van der Waals surface area contributed by atoms with Gasteiger partial charge in [-0.15, -0.1) is 0 Å². The number of piperidine rings is 1. The first-order valence-electron chi connectivity index (χ1n) is 7.51. The molecular weight excluding hydrogens is 236 g/mol. The van der Waals surface area contributed by atoms with Crippen molar-refractivity contribution in [2.45, 2.75) is 46.0 Å². The highest BCUT2D eigenvalue weighted by Gasteiger charge is 2.13. The molecule has 1 aromatic heterocycles. The Labute approximate surface area is 116 Å². The van der Waals surface area contributed by atoms with Crippen LogP contribution in [0.15, 0.2) is 6.07 Å². The van der Waals surface area contributed by atoms with Crippen LogP contribution in [0.3, 0.4) is 0 Å². The number of hydrogen-bond donors (Lipinski definition) is 2. The standard InChI is InChI=1S/C15H26N4/c1-4-14-18-13(11(2)3)9-15(19-14)17-10-12-5-7-16-8-6-12/h9,11-12,16H,4-8,10H2,1-3H3,(H,17,18,19). The third-order valence-corrected chi connectivity index (χ3v) is 3.73. The third-order valence-electron chi connectivity index (χ3n) is 3.73. The molecule has 0 atom stereocenters. The summed E-state index contributed by atoms with van der Waals surface area (Å²) in [4.78, 5) is 9.17. The van der Waals surface area contributed by atoms with E-state index in [1.807, 2.05) is 0 Å². The van der Waals surface area contributed by atoms with Crippen LogP contribution in [-0.2, 0) is 6.42 Å². The number of aromatic nitrogens is 2. The predicted octanol–water partition coefficient (Wildman–Crippen LogP) is 2.57. The summed E-state index contributed by atoms with van der Waals surface area (Å²) in [5, 5.41) is 6.91. The van der Waals surface area contributed by atoms with Gasteiger partial charge in [0.2, 0.25) is 0 Å². The van der Waals surface area contributed by atoms with Crippen molar-refractivity contribution in [2.75, 3.05) is 25.0 Å². The van der Waals surface area contributed by atoms with Crippen LogP contribution >= 0.6 is 0 Å². The third kappa shape index (κ3) is 4.16. The first-order valence-corrected chi connectivity index (χ1v) is 7.51. The van der Waals surface area contributed by atoms with E-state index in [4.69, 9.17) is 0 Å². The fraction of sp³-hybridized carbons (Fsp3) is 0.733. The van der Waals surface area contributed by atoms with Crippen LogP contribution < -0.4 is 10.6 Å². The lowest BCUT2D eigenvalue weighted by Gasteiger charge is -2.23. The highest BCUT2D eigenvalue weighted by atomic mass is 15.0. The summed E-state index contributed by atoms with van der Waals surface area (Å²) >= 11 is 0. The van der Waals surface area contributed by atoms with Crippen molar-refractivity contribution in [3.8, 4) is 0 Å². The molecule has 2 N–H and O–H groups in total. The molecule has 0 aliphatic carbocycles. The quantitative estimate of drug-likeness (QED) is 0.856. The molecule has 4 nitrogen and oxygen atoms in total. The zero-order valence-electron chi connectivity index (χ0n) is 12.4. The van der Waals surface area contributed by atoms with Gasteiger partial charge >= 0.3 is 0 Å². The molecule has 19 heavy (non-hydrogen) atoms. The van der Waals surface area contributed by atoms with Gasteiger partial charge in [-0.2, -0.15) is 0 Å².